The van der Waals surface area contributed by atoms with E-state index in [2.05, 4.69) is 55.6 Å². The van der Waals surface area contributed by atoms with Crippen molar-refractivity contribution in [3.8, 4) is 0 Å². The van der Waals surface area contributed by atoms with E-state index < -0.39 is 49.5 Å². The first kappa shape index (κ1) is 89.2. The number of hydrogen-bond acceptors (Lipinski definition) is 8. The molecule has 0 aromatic rings. The van der Waals surface area contributed by atoms with Crippen molar-refractivity contribution < 1.29 is 39.8 Å². The van der Waals surface area contributed by atoms with Crippen LogP contribution < -0.4 is 5.32 Å². The van der Waals surface area contributed by atoms with E-state index >= 15 is 0 Å². The van der Waals surface area contributed by atoms with Gasteiger partial charge in [-0.15, -0.1) is 0 Å². The fourth-order valence-electron chi connectivity index (χ4n) is 13.4. The molecule has 7 atom stereocenters. The Labute approximate surface area is 577 Å². The molecule has 0 aliphatic carbocycles. The zero-order chi connectivity index (χ0) is 67.1. The normalized spacial score (nSPS) is 17.8. The molecule has 1 rings (SSSR count). The minimum absolute atomic E-state index is 0.182. The second-order valence-electron chi connectivity index (χ2n) is 28.9. The van der Waals surface area contributed by atoms with Crippen LogP contribution in [0.4, 0.5) is 0 Å². The van der Waals surface area contributed by atoms with E-state index in [4.69, 9.17) is 9.47 Å². The van der Waals surface area contributed by atoms with Gasteiger partial charge in [0.1, 0.15) is 24.4 Å². The number of hydrogen-bond donors (Lipinski definition) is 6. The number of nitrogens with one attached hydrogen (secondary N) is 1. The summed E-state index contributed by atoms with van der Waals surface area (Å²) in [6.07, 6.45) is 94.3. The van der Waals surface area contributed by atoms with Crippen LogP contribution in [0, 0.1) is 0 Å². The molecule has 93 heavy (non-hydrogen) atoms. The van der Waals surface area contributed by atoms with Crippen LogP contribution in [0.3, 0.4) is 0 Å². The third-order valence-corrected chi connectivity index (χ3v) is 19.9. The monoisotopic (exact) mass is 1310 g/mol. The van der Waals surface area contributed by atoms with E-state index in [1.807, 2.05) is 6.08 Å². The van der Waals surface area contributed by atoms with E-state index in [1.165, 1.54) is 360 Å². The van der Waals surface area contributed by atoms with E-state index in [-0.39, 0.29) is 12.5 Å². The molecule has 0 aromatic heterocycles. The van der Waals surface area contributed by atoms with Crippen molar-refractivity contribution in [1.29, 1.82) is 0 Å². The van der Waals surface area contributed by atoms with Crippen molar-refractivity contribution in [2.75, 3.05) is 13.2 Å². The summed E-state index contributed by atoms with van der Waals surface area (Å²) in [4.78, 5) is 13.2. The first-order chi connectivity index (χ1) is 45.8. The van der Waals surface area contributed by atoms with Crippen LogP contribution >= 0.6 is 0 Å². The lowest BCUT2D eigenvalue weighted by atomic mass is 9.99. The first-order valence-electron chi connectivity index (χ1n) is 41.4. The third kappa shape index (κ3) is 61.0. The van der Waals surface area contributed by atoms with Crippen molar-refractivity contribution in [2.24, 2.45) is 0 Å². The molecule has 1 amide bonds. The Morgan fingerprint density at radius 3 is 0.903 bits per heavy atom. The van der Waals surface area contributed by atoms with Crippen LogP contribution in [0.2, 0.25) is 0 Å². The summed E-state index contributed by atoms with van der Waals surface area (Å²) >= 11 is 0. The quantitative estimate of drug-likeness (QED) is 0.0261. The Kier molecular flexibility index (Phi) is 69.9. The number of aliphatic hydroxyl groups excluding tert-OH is 5. The second kappa shape index (κ2) is 72.9. The molecule has 1 aliphatic rings. The number of rotatable bonds is 74. The van der Waals surface area contributed by atoms with Gasteiger partial charge in [-0.25, -0.2) is 0 Å². The number of aliphatic hydroxyl groups is 5. The minimum atomic E-state index is -1.58. The van der Waals surface area contributed by atoms with Crippen LogP contribution in [-0.4, -0.2) is 87.5 Å². The van der Waals surface area contributed by atoms with E-state index in [1.54, 1.807) is 6.08 Å². The summed E-state index contributed by atoms with van der Waals surface area (Å²) in [6, 6.07) is -0.830. The van der Waals surface area contributed by atoms with E-state index in [0.717, 1.165) is 44.9 Å². The summed E-state index contributed by atoms with van der Waals surface area (Å²) in [5, 5.41) is 54.9. The molecule has 6 N–H and O–H groups in total. The van der Waals surface area contributed by atoms with Gasteiger partial charge in [0.2, 0.25) is 5.91 Å². The van der Waals surface area contributed by atoms with E-state index in [0.29, 0.717) is 6.42 Å². The molecule has 1 fully saturated rings. The molecule has 9 nitrogen and oxygen atoms in total. The molecule has 9 heteroatoms. The predicted octanol–water partition coefficient (Wildman–Crippen LogP) is 23.9. The summed E-state index contributed by atoms with van der Waals surface area (Å²) in [5.41, 5.74) is 0. The molecule has 0 radical (unpaired) electrons. The number of ether oxygens (including phenoxy) is 2. The number of amides is 1. The maximum Gasteiger partial charge on any atom is 0.220 e. The van der Waals surface area contributed by atoms with Crippen molar-refractivity contribution in [2.45, 2.75) is 468 Å². The molecule has 1 aliphatic heterocycles. The Bertz CT molecular complexity index is 1620. The van der Waals surface area contributed by atoms with Crippen molar-refractivity contribution in [3.05, 3.63) is 48.6 Å². The molecular weight excluding hydrogens is 1150 g/mol. The smallest absolute Gasteiger partial charge is 0.220 e. The Morgan fingerprint density at radius 2 is 0.613 bits per heavy atom. The van der Waals surface area contributed by atoms with Crippen molar-refractivity contribution in [3.63, 3.8) is 0 Å². The number of carbonyl (C=O) groups excluding carboxylic acids is 1. The predicted molar refractivity (Wildman–Crippen MR) is 401 cm³/mol. The van der Waals surface area contributed by atoms with Crippen molar-refractivity contribution >= 4 is 5.91 Å². The van der Waals surface area contributed by atoms with Crippen LogP contribution in [-0.2, 0) is 14.3 Å². The summed E-state index contributed by atoms with van der Waals surface area (Å²) in [6.45, 7) is 3.82. The van der Waals surface area contributed by atoms with Gasteiger partial charge in [-0.1, -0.05) is 396 Å². The van der Waals surface area contributed by atoms with Gasteiger partial charge in [-0.3, -0.25) is 4.79 Å². The highest BCUT2D eigenvalue weighted by Crippen LogP contribution is 2.24. The van der Waals surface area contributed by atoms with Crippen LogP contribution in [0.5, 0.6) is 0 Å². The molecule has 1 saturated heterocycles. The highest BCUT2D eigenvalue weighted by atomic mass is 16.7. The van der Waals surface area contributed by atoms with Gasteiger partial charge in [0, 0.05) is 6.42 Å². The zero-order valence-corrected chi connectivity index (χ0v) is 61.8. The largest absolute Gasteiger partial charge is 0.394 e. The Hall–Kier alpha value is -1.85. The molecule has 0 spiro atoms. The molecule has 7 unspecified atom stereocenters. The Balaban J connectivity index is 2.07. The van der Waals surface area contributed by atoms with E-state index in [9.17, 15) is 30.3 Å². The topological polar surface area (TPSA) is 149 Å². The number of allylic oxidation sites excluding steroid dienone is 7. The average molecular weight is 1310 g/mol. The Morgan fingerprint density at radius 1 is 0.355 bits per heavy atom. The average Bonchev–Trinajstić information content (AvgIpc) is 1.02. The van der Waals surface area contributed by atoms with Gasteiger partial charge < -0.3 is 40.3 Å². The molecule has 0 aromatic carbocycles. The third-order valence-electron chi connectivity index (χ3n) is 19.9. The highest BCUT2D eigenvalue weighted by Gasteiger charge is 2.44. The lowest BCUT2D eigenvalue weighted by Crippen LogP contribution is -2.60. The van der Waals surface area contributed by atoms with Gasteiger partial charge in [0.25, 0.3) is 0 Å². The molecular formula is C84H159NO8. The van der Waals surface area contributed by atoms with Gasteiger partial charge in [0.15, 0.2) is 6.29 Å². The molecule has 1 heterocycles. The number of unbranched alkanes of at least 4 members (excludes halogenated alkanes) is 58. The molecule has 548 valence electrons. The maximum absolute atomic E-state index is 13.2. The first-order valence-corrected chi connectivity index (χ1v) is 41.4. The lowest BCUT2D eigenvalue weighted by molar-refractivity contribution is -0.302. The minimum Gasteiger partial charge on any atom is -0.394 e. The summed E-state index contributed by atoms with van der Waals surface area (Å²) in [7, 11) is 0. The van der Waals surface area contributed by atoms with Crippen LogP contribution in [0.1, 0.15) is 425 Å². The summed E-state index contributed by atoms with van der Waals surface area (Å²) < 4.78 is 11.3. The second-order valence-corrected chi connectivity index (χ2v) is 28.9. The van der Waals surface area contributed by atoms with Gasteiger partial charge in [-0.05, 0) is 70.6 Å². The molecule has 0 bridgehead atoms. The van der Waals surface area contributed by atoms with Crippen LogP contribution in [0.25, 0.3) is 0 Å². The zero-order valence-electron chi connectivity index (χ0n) is 61.8. The van der Waals surface area contributed by atoms with Gasteiger partial charge in [0.05, 0.1) is 25.4 Å². The van der Waals surface area contributed by atoms with Crippen molar-refractivity contribution in [1.82, 2.24) is 5.32 Å². The maximum atomic E-state index is 13.2. The van der Waals surface area contributed by atoms with Gasteiger partial charge in [-0.2, -0.15) is 0 Å². The molecule has 0 saturated carbocycles. The lowest BCUT2D eigenvalue weighted by Gasteiger charge is -2.40. The number of carbonyl (C=O) groups is 1. The fourth-order valence-corrected chi connectivity index (χ4v) is 13.4. The van der Waals surface area contributed by atoms with Crippen LogP contribution in [0.15, 0.2) is 48.6 Å². The summed E-state index contributed by atoms with van der Waals surface area (Å²) in [5.74, 6) is -0.182. The standard InChI is InChI=1S/C84H159NO8/c1-3-5-7-9-11-13-15-17-19-21-23-25-27-29-31-33-35-36-37-38-39-40-41-42-44-46-48-50-52-54-56-58-60-62-64-66-68-70-72-74-80(88)85-77(76-92-84-83(91)82(90)81(89)79(75-86)93-84)78(87)73-71-69-67-65-63-61-59-57-55-53-51-49-47-45-43-34-32-30-28-26-24-22-20-18-16-14-12-10-8-6-4-2/h21,23,55,57,63,65,71,73,77-79,81-84,86-87,89-91H,3-20,22,24-54,56,58-62,64,66-70,72,74-76H2,1-2H3,(H,85,88)/b23-21-,57-55+,65-63+,73-71+. The SMILES string of the molecule is CCCCCCCCCC/C=C\CCCCCCCCCCCCCCCCCCCCCCCCCCCCCC(=O)NC(COC1OC(CO)C(O)C(O)C1O)C(O)/C=C/CC/C=C/CC/C=C/CCCCCCCCCCCCCCCCCCCCCCC. The van der Waals surface area contributed by atoms with Gasteiger partial charge >= 0.3 is 0 Å². The highest BCUT2D eigenvalue weighted by molar-refractivity contribution is 5.76. The fraction of sp³-hybridized carbons (Fsp3) is 0.893.